The second-order valence-corrected chi connectivity index (χ2v) is 3.38. The molecule has 0 saturated carbocycles. The number of carboxylic acids is 1. The normalized spacial score (nSPS) is 16.7. The highest BCUT2D eigenvalue weighted by atomic mass is 16.4. The number of imide groups is 1. The Labute approximate surface area is 90.5 Å². The zero-order valence-electron chi connectivity index (χ0n) is 8.52. The van der Waals surface area contributed by atoms with Gasteiger partial charge in [0.15, 0.2) is 0 Å². The maximum atomic E-state index is 11.6. The molecule has 1 aliphatic heterocycles. The maximum absolute atomic E-state index is 11.6. The molecule has 0 atom stereocenters. The van der Waals surface area contributed by atoms with E-state index in [1.807, 2.05) is 0 Å². The highest BCUT2D eigenvalue weighted by Crippen LogP contribution is 2.19. The first-order chi connectivity index (χ1) is 7.34. The lowest BCUT2D eigenvalue weighted by molar-refractivity contribution is -0.151. The summed E-state index contributed by atoms with van der Waals surface area (Å²) in [5, 5.41) is 8.51. The van der Waals surface area contributed by atoms with Crippen molar-refractivity contribution in [3.05, 3.63) is 11.1 Å². The Bertz CT molecular complexity index is 424. The van der Waals surface area contributed by atoms with E-state index in [1.165, 1.54) is 6.92 Å². The minimum absolute atomic E-state index is 0.169. The molecular formula is C9H10N2O5. The average Bonchev–Trinajstić information content (AvgIpc) is 2.10. The molecule has 86 valence electrons. The molecule has 16 heavy (non-hydrogen) atoms. The second kappa shape index (κ2) is 4.13. The molecule has 1 rings (SSSR count). The van der Waals surface area contributed by atoms with Gasteiger partial charge in [-0.15, -0.1) is 0 Å². The molecule has 3 N–H and O–H groups in total. The standard InChI is InChI=1S/C9H10N2O5/c1-4-2-5(12)11(3-6(13)14)9(16)7(4)8(10)15/h2-3H2,1H3,(H2,10,15)(H,13,14). The first-order valence-corrected chi connectivity index (χ1v) is 4.40. The smallest absolute Gasteiger partial charge is 0.323 e. The van der Waals surface area contributed by atoms with Crippen LogP contribution in [0.3, 0.4) is 0 Å². The zero-order chi connectivity index (χ0) is 12.5. The maximum Gasteiger partial charge on any atom is 0.323 e. The summed E-state index contributed by atoms with van der Waals surface area (Å²) in [4.78, 5) is 44.9. The number of aliphatic carboxylic acids is 1. The van der Waals surface area contributed by atoms with Gasteiger partial charge in [-0.25, -0.2) is 0 Å². The van der Waals surface area contributed by atoms with Crippen LogP contribution in [0.25, 0.3) is 0 Å². The fourth-order valence-electron chi connectivity index (χ4n) is 1.45. The number of nitrogens with zero attached hydrogens (tertiary/aromatic N) is 1. The number of rotatable bonds is 3. The number of carbonyl (C=O) groups excluding carboxylic acids is 3. The molecule has 3 amide bonds. The van der Waals surface area contributed by atoms with E-state index < -0.39 is 30.2 Å². The minimum Gasteiger partial charge on any atom is -0.480 e. The molecule has 0 radical (unpaired) electrons. The average molecular weight is 226 g/mol. The number of nitrogens with two attached hydrogens (primary N) is 1. The van der Waals surface area contributed by atoms with Crippen LogP contribution in [0.4, 0.5) is 0 Å². The molecule has 7 heteroatoms. The lowest BCUT2D eigenvalue weighted by Gasteiger charge is -2.25. The van der Waals surface area contributed by atoms with Crippen molar-refractivity contribution in [3.8, 4) is 0 Å². The van der Waals surface area contributed by atoms with E-state index in [4.69, 9.17) is 10.8 Å². The monoisotopic (exact) mass is 226 g/mol. The van der Waals surface area contributed by atoms with Gasteiger partial charge in [0.2, 0.25) is 5.91 Å². The highest BCUT2D eigenvalue weighted by molar-refractivity contribution is 6.24. The Kier molecular flexibility index (Phi) is 3.07. The van der Waals surface area contributed by atoms with Crippen molar-refractivity contribution in [2.75, 3.05) is 6.54 Å². The van der Waals surface area contributed by atoms with Crippen molar-refractivity contribution in [2.24, 2.45) is 5.73 Å². The van der Waals surface area contributed by atoms with Gasteiger partial charge < -0.3 is 10.8 Å². The summed E-state index contributed by atoms with van der Waals surface area (Å²) < 4.78 is 0. The Morgan fingerprint density at radius 1 is 1.44 bits per heavy atom. The largest absolute Gasteiger partial charge is 0.480 e. The van der Waals surface area contributed by atoms with Gasteiger partial charge in [-0.05, 0) is 12.5 Å². The third-order valence-corrected chi connectivity index (χ3v) is 2.14. The summed E-state index contributed by atoms with van der Waals surface area (Å²) in [5.41, 5.74) is 4.95. The van der Waals surface area contributed by atoms with Crippen molar-refractivity contribution < 1.29 is 24.3 Å². The van der Waals surface area contributed by atoms with Gasteiger partial charge in [0.05, 0.1) is 0 Å². The van der Waals surface area contributed by atoms with Crippen LogP contribution in [0.15, 0.2) is 11.1 Å². The van der Waals surface area contributed by atoms with Crippen LogP contribution in [-0.2, 0) is 19.2 Å². The van der Waals surface area contributed by atoms with Gasteiger partial charge in [-0.2, -0.15) is 0 Å². The first kappa shape index (κ1) is 11.9. The lowest BCUT2D eigenvalue weighted by atomic mass is 9.99. The molecule has 0 aromatic carbocycles. The van der Waals surface area contributed by atoms with Crippen molar-refractivity contribution in [1.82, 2.24) is 4.90 Å². The fraction of sp³-hybridized carbons (Fsp3) is 0.333. The number of amides is 3. The Balaban J connectivity index is 3.10. The van der Waals surface area contributed by atoms with E-state index in [9.17, 15) is 19.2 Å². The summed E-state index contributed by atoms with van der Waals surface area (Å²) in [6.45, 7) is 0.676. The molecule has 7 nitrogen and oxygen atoms in total. The zero-order valence-corrected chi connectivity index (χ0v) is 8.52. The number of carboxylic acid groups (broad SMARTS) is 1. The number of primary amides is 1. The summed E-state index contributed by atoms with van der Waals surface area (Å²) in [6, 6.07) is 0. The van der Waals surface area contributed by atoms with Crippen LogP contribution < -0.4 is 5.73 Å². The number of carbonyl (C=O) groups is 4. The molecule has 0 aromatic rings. The van der Waals surface area contributed by atoms with E-state index in [2.05, 4.69) is 0 Å². The summed E-state index contributed by atoms with van der Waals surface area (Å²) in [5.74, 6) is -3.87. The Morgan fingerprint density at radius 2 is 2.00 bits per heavy atom. The molecule has 0 bridgehead atoms. The first-order valence-electron chi connectivity index (χ1n) is 4.40. The van der Waals surface area contributed by atoms with Crippen LogP contribution >= 0.6 is 0 Å². The van der Waals surface area contributed by atoms with E-state index in [0.717, 1.165) is 0 Å². The quantitative estimate of drug-likeness (QED) is 0.454. The topological polar surface area (TPSA) is 118 Å². The van der Waals surface area contributed by atoms with Crippen LogP contribution in [0, 0.1) is 0 Å². The summed E-state index contributed by atoms with van der Waals surface area (Å²) in [6.07, 6.45) is -0.169. The van der Waals surface area contributed by atoms with Crippen LogP contribution in [0.1, 0.15) is 13.3 Å². The van der Waals surface area contributed by atoms with Crippen molar-refractivity contribution in [3.63, 3.8) is 0 Å². The molecule has 1 aliphatic rings. The molecule has 1 heterocycles. The number of hydrogen-bond donors (Lipinski definition) is 2. The van der Waals surface area contributed by atoms with Crippen LogP contribution in [0.5, 0.6) is 0 Å². The highest BCUT2D eigenvalue weighted by Gasteiger charge is 2.35. The van der Waals surface area contributed by atoms with Gasteiger partial charge >= 0.3 is 5.97 Å². The van der Waals surface area contributed by atoms with E-state index in [1.54, 1.807) is 0 Å². The van der Waals surface area contributed by atoms with Crippen molar-refractivity contribution in [1.29, 1.82) is 0 Å². The van der Waals surface area contributed by atoms with Gasteiger partial charge in [0, 0.05) is 6.42 Å². The third-order valence-electron chi connectivity index (χ3n) is 2.14. The predicted octanol–water partition coefficient (Wildman–Crippen LogP) is -1.37. The van der Waals surface area contributed by atoms with Crippen LogP contribution in [-0.4, -0.2) is 40.2 Å². The lowest BCUT2D eigenvalue weighted by Crippen LogP contribution is -2.46. The number of hydrogen-bond acceptors (Lipinski definition) is 4. The molecule has 0 aliphatic carbocycles. The molecular weight excluding hydrogens is 216 g/mol. The van der Waals surface area contributed by atoms with Crippen molar-refractivity contribution in [2.45, 2.75) is 13.3 Å². The fourth-order valence-corrected chi connectivity index (χ4v) is 1.45. The van der Waals surface area contributed by atoms with Crippen molar-refractivity contribution >= 4 is 23.7 Å². The minimum atomic E-state index is -1.33. The molecule has 0 unspecified atom stereocenters. The van der Waals surface area contributed by atoms with E-state index in [-0.39, 0.29) is 17.6 Å². The SMILES string of the molecule is CC1=C(C(N)=O)C(=O)N(CC(=O)O)C(=O)C1. The predicted molar refractivity (Wildman–Crippen MR) is 50.9 cm³/mol. The summed E-state index contributed by atoms with van der Waals surface area (Å²) >= 11 is 0. The summed E-state index contributed by atoms with van der Waals surface area (Å²) in [7, 11) is 0. The second-order valence-electron chi connectivity index (χ2n) is 3.38. The molecule has 0 saturated heterocycles. The van der Waals surface area contributed by atoms with Gasteiger partial charge in [0.25, 0.3) is 11.8 Å². The van der Waals surface area contributed by atoms with E-state index >= 15 is 0 Å². The van der Waals surface area contributed by atoms with Gasteiger partial charge in [-0.3, -0.25) is 24.1 Å². The van der Waals surface area contributed by atoms with Crippen LogP contribution in [0.2, 0.25) is 0 Å². The molecule has 0 fully saturated rings. The Hall–Kier alpha value is -2.18. The van der Waals surface area contributed by atoms with Gasteiger partial charge in [0.1, 0.15) is 12.1 Å². The van der Waals surface area contributed by atoms with Gasteiger partial charge in [-0.1, -0.05) is 0 Å². The third kappa shape index (κ3) is 2.08. The Morgan fingerprint density at radius 3 is 2.44 bits per heavy atom. The van der Waals surface area contributed by atoms with E-state index in [0.29, 0.717) is 4.90 Å². The molecule has 0 aromatic heterocycles. The molecule has 0 spiro atoms.